The van der Waals surface area contributed by atoms with Crippen molar-refractivity contribution in [2.24, 2.45) is 0 Å². The van der Waals surface area contributed by atoms with Crippen LogP contribution in [-0.4, -0.2) is 19.1 Å². The van der Waals surface area contributed by atoms with Crippen LogP contribution in [0.25, 0.3) is 0 Å². The minimum atomic E-state index is -0.786. The first kappa shape index (κ1) is 20.4. The molecule has 1 heterocycles. The van der Waals surface area contributed by atoms with Gasteiger partial charge in [0.15, 0.2) is 0 Å². The van der Waals surface area contributed by atoms with Gasteiger partial charge in [-0.15, -0.1) is 0 Å². The van der Waals surface area contributed by atoms with Gasteiger partial charge in [-0.3, -0.25) is 0 Å². The molecule has 4 rings (SSSR count). The molecule has 3 aromatic carbocycles. The van der Waals surface area contributed by atoms with Crippen LogP contribution in [0.3, 0.4) is 0 Å². The van der Waals surface area contributed by atoms with Crippen molar-refractivity contribution in [3.05, 3.63) is 120 Å². The quantitative estimate of drug-likeness (QED) is 0.285. The first-order valence-electron chi connectivity index (χ1n) is 11.0. The number of aromatic nitrogens is 2. The summed E-state index contributed by atoms with van der Waals surface area (Å²) in [6, 6.07) is 31.3. The Morgan fingerprint density at radius 1 is 0.800 bits per heavy atom. The third-order valence-corrected chi connectivity index (χ3v) is 8.57. The highest BCUT2D eigenvalue weighted by Crippen LogP contribution is 2.33. The predicted octanol–water partition coefficient (Wildman–Crippen LogP) is 4.86. The zero-order valence-electron chi connectivity index (χ0n) is 17.7. The zero-order valence-corrected chi connectivity index (χ0v) is 19.2. The number of nitrogens with zero attached hydrogens (tertiary/aromatic N) is 2. The van der Waals surface area contributed by atoms with Crippen LogP contribution in [0.4, 0.5) is 0 Å². The number of benzene rings is 3. The fourth-order valence-corrected chi connectivity index (χ4v) is 6.68. The van der Waals surface area contributed by atoms with Crippen molar-refractivity contribution < 1.29 is 0 Å². The van der Waals surface area contributed by atoms with Gasteiger partial charge in [0.05, 0.1) is 21.0 Å². The number of rotatable bonds is 9. The predicted molar refractivity (Wildman–Crippen MR) is 129 cm³/mol. The van der Waals surface area contributed by atoms with Crippen LogP contribution >= 0.6 is 0 Å². The van der Waals surface area contributed by atoms with Gasteiger partial charge in [0.1, 0.15) is 0 Å². The minimum absolute atomic E-state index is 0.206. The summed E-state index contributed by atoms with van der Waals surface area (Å²) in [4.78, 5) is 4.42. The summed E-state index contributed by atoms with van der Waals surface area (Å²) in [6.07, 6.45) is 11.0. The molecule has 0 atom stereocenters. The Labute approximate surface area is 182 Å². The molecule has 0 saturated heterocycles. The molecule has 152 valence electrons. The normalized spacial score (nSPS) is 11.9. The summed E-state index contributed by atoms with van der Waals surface area (Å²) < 4.78 is 2.32. The van der Waals surface area contributed by atoms with E-state index in [1.54, 1.807) is 0 Å². The molecule has 0 fully saturated rings. The molecule has 2 nitrogen and oxygen atoms in total. The maximum atomic E-state index is 4.42. The summed E-state index contributed by atoms with van der Waals surface area (Å²) >= 11 is 0. The molecule has 0 amide bonds. The van der Waals surface area contributed by atoms with Crippen LogP contribution in [0.2, 0.25) is 0 Å². The molecular weight excluding hydrogens is 380 g/mol. The van der Waals surface area contributed by atoms with E-state index in [0.29, 0.717) is 0 Å². The van der Waals surface area contributed by atoms with E-state index >= 15 is 0 Å². The Bertz CT molecular complexity index is 970. The molecular formula is C27H30N2Si. The number of aryl methyl sites for hydroxylation is 1. The lowest BCUT2D eigenvalue weighted by atomic mass is 9.97. The Morgan fingerprint density at radius 2 is 1.43 bits per heavy atom. The molecule has 0 saturated carbocycles. The van der Waals surface area contributed by atoms with Crippen molar-refractivity contribution in [1.29, 1.82) is 0 Å². The average Bonchev–Trinajstić information content (AvgIpc) is 3.35. The van der Waals surface area contributed by atoms with E-state index < -0.39 is 9.52 Å². The van der Waals surface area contributed by atoms with E-state index in [0.717, 1.165) is 0 Å². The van der Waals surface area contributed by atoms with Crippen LogP contribution in [-0.2, 0) is 11.6 Å². The summed E-state index contributed by atoms with van der Waals surface area (Å²) in [5.41, 5.74) is 4.11. The topological polar surface area (TPSA) is 17.8 Å². The SMILES string of the molecule is CCCCCc1ccc([SiH2]C(c2ccccc2)(c2ccccc2)n2ccnc2)cc1. The smallest absolute Gasteiger partial charge is 0.0965 e. The van der Waals surface area contributed by atoms with E-state index in [2.05, 4.69) is 108 Å². The number of imidazole rings is 1. The second-order valence-electron chi connectivity index (χ2n) is 8.01. The molecule has 0 bridgehead atoms. The second kappa shape index (κ2) is 9.73. The Kier molecular flexibility index (Phi) is 6.60. The van der Waals surface area contributed by atoms with Gasteiger partial charge in [-0.05, 0) is 29.5 Å². The first-order chi connectivity index (χ1) is 14.8. The molecule has 0 N–H and O–H groups in total. The van der Waals surface area contributed by atoms with Gasteiger partial charge in [-0.1, -0.05) is 110 Å². The number of unbranched alkanes of at least 4 members (excludes halogenated alkanes) is 2. The van der Waals surface area contributed by atoms with Gasteiger partial charge < -0.3 is 4.57 Å². The van der Waals surface area contributed by atoms with Crippen molar-refractivity contribution in [3.63, 3.8) is 0 Å². The highest BCUT2D eigenvalue weighted by atomic mass is 28.2. The van der Waals surface area contributed by atoms with Gasteiger partial charge in [0.25, 0.3) is 0 Å². The number of hydrogen-bond donors (Lipinski definition) is 0. The maximum Gasteiger partial charge on any atom is 0.0965 e. The van der Waals surface area contributed by atoms with E-state index in [1.165, 1.54) is 47.6 Å². The van der Waals surface area contributed by atoms with Crippen LogP contribution < -0.4 is 5.19 Å². The highest BCUT2D eigenvalue weighted by molar-refractivity contribution is 6.57. The maximum absolute atomic E-state index is 4.42. The number of hydrogen-bond acceptors (Lipinski definition) is 1. The molecule has 0 spiro atoms. The van der Waals surface area contributed by atoms with Gasteiger partial charge in [0.2, 0.25) is 0 Å². The lowest BCUT2D eigenvalue weighted by Crippen LogP contribution is -2.46. The van der Waals surface area contributed by atoms with E-state index in [9.17, 15) is 0 Å². The fourth-order valence-electron chi connectivity index (χ4n) is 4.37. The summed E-state index contributed by atoms with van der Waals surface area (Å²) in [6.45, 7) is 2.26. The monoisotopic (exact) mass is 410 g/mol. The molecule has 3 heteroatoms. The van der Waals surface area contributed by atoms with Crippen LogP contribution in [0.15, 0.2) is 104 Å². The lowest BCUT2D eigenvalue weighted by Gasteiger charge is -2.37. The molecule has 30 heavy (non-hydrogen) atoms. The molecule has 0 aliphatic rings. The zero-order chi connectivity index (χ0) is 20.7. The van der Waals surface area contributed by atoms with Crippen molar-refractivity contribution in [1.82, 2.24) is 9.55 Å². The van der Waals surface area contributed by atoms with Gasteiger partial charge in [-0.25, -0.2) is 4.98 Å². The summed E-state index contributed by atoms with van der Waals surface area (Å²) in [5.74, 6) is 0. The van der Waals surface area contributed by atoms with Crippen molar-refractivity contribution >= 4 is 14.7 Å². The summed E-state index contributed by atoms with van der Waals surface area (Å²) in [5, 5.41) is 1.26. The molecule has 1 aromatic heterocycles. The van der Waals surface area contributed by atoms with Gasteiger partial charge >= 0.3 is 0 Å². The Morgan fingerprint density at radius 3 is 1.97 bits per heavy atom. The Balaban J connectivity index is 1.76. The van der Waals surface area contributed by atoms with Gasteiger partial charge in [-0.2, -0.15) is 0 Å². The van der Waals surface area contributed by atoms with Crippen LogP contribution in [0.1, 0.15) is 42.9 Å². The fraction of sp³-hybridized carbons (Fsp3) is 0.222. The highest BCUT2D eigenvalue weighted by Gasteiger charge is 2.36. The third kappa shape index (κ3) is 4.31. The van der Waals surface area contributed by atoms with Crippen molar-refractivity contribution in [2.45, 2.75) is 37.8 Å². The first-order valence-corrected chi connectivity index (χ1v) is 12.4. The molecule has 4 aromatic rings. The largest absolute Gasteiger partial charge is 0.326 e. The summed E-state index contributed by atoms with van der Waals surface area (Å²) in [7, 11) is -0.786. The van der Waals surface area contributed by atoms with Crippen LogP contribution in [0, 0.1) is 0 Å². The van der Waals surface area contributed by atoms with E-state index in [-0.39, 0.29) is 5.16 Å². The third-order valence-electron chi connectivity index (χ3n) is 6.00. The standard InChI is InChI=1S/C27H30N2Si/c1-2-3-6-11-23-16-18-26(19-17-23)30-27(29-21-20-28-22-29,24-12-7-4-8-13-24)25-14-9-5-10-15-25/h4-5,7-10,12-22H,2-3,6,11,30H2,1H3. The lowest BCUT2D eigenvalue weighted by molar-refractivity contribution is 0.596. The van der Waals surface area contributed by atoms with E-state index in [4.69, 9.17) is 0 Å². The second-order valence-corrected chi connectivity index (χ2v) is 10.2. The molecule has 0 aliphatic heterocycles. The minimum Gasteiger partial charge on any atom is -0.326 e. The molecule has 0 radical (unpaired) electrons. The van der Waals surface area contributed by atoms with Crippen molar-refractivity contribution in [2.75, 3.05) is 0 Å². The Hall–Kier alpha value is -2.91. The molecule has 0 aliphatic carbocycles. The average molecular weight is 411 g/mol. The van der Waals surface area contributed by atoms with Crippen LogP contribution in [0.5, 0.6) is 0 Å². The van der Waals surface area contributed by atoms with E-state index in [1.807, 2.05) is 12.5 Å². The molecule has 0 unspecified atom stereocenters. The van der Waals surface area contributed by atoms with Crippen molar-refractivity contribution in [3.8, 4) is 0 Å². The van der Waals surface area contributed by atoms with Gasteiger partial charge in [0, 0.05) is 12.4 Å².